The summed E-state index contributed by atoms with van der Waals surface area (Å²) in [6, 6.07) is 6.09. The van der Waals surface area contributed by atoms with Crippen LogP contribution in [0.1, 0.15) is 35.1 Å². The molecule has 0 unspecified atom stereocenters. The number of hydrogen-bond acceptors (Lipinski definition) is 5. The molecule has 5 heteroatoms. The average Bonchev–Trinajstić information content (AvgIpc) is 2.87. The van der Waals surface area contributed by atoms with E-state index >= 15 is 0 Å². The van der Waals surface area contributed by atoms with Crippen molar-refractivity contribution in [1.82, 2.24) is 9.97 Å². The third kappa shape index (κ3) is 3.46. The number of hydrogen-bond donors (Lipinski definition) is 0. The van der Waals surface area contributed by atoms with Crippen LogP contribution in [-0.4, -0.2) is 16.2 Å². The second kappa shape index (κ2) is 6.21. The van der Waals surface area contributed by atoms with Gasteiger partial charge in [-0.25, -0.2) is 4.98 Å². The lowest BCUT2D eigenvalue weighted by Gasteiger charge is -2.06. The van der Waals surface area contributed by atoms with Crippen molar-refractivity contribution in [3.05, 3.63) is 46.2 Å². The molecule has 0 spiro atoms. The van der Waals surface area contributed by atoms with Gasteiger partial charge < -0.3 is 0 Å². The molecule has 0 N–H and O–H groups in total. The zero-order valence-corrected chi connectivity index (χ0v) is 11.6. The summed E-state index contributed by atoms with van der Waals surface area (Å²) in [7, 11) is 0. The van der Waals surface area contributed by atoms with Gasteiger partial charge >= 0.3 is 0 Å². The van der Waals surface area contributed by atoms with Crippen LogP contribution in [-0.2, 0) is 0 Å². The molecule has 2 atom stereocenters. The molecule has 0 saturated heterocycles. The molecule has 0 aliphatic rings. The summed E-state index contributed by atoms with van der Waals surface area (Å²) >= 11 is 1.49. The second-order valence-corrected chi connectivity index (χ2v) is 5.08. The minimum atomic E-state index is -0.372. The molecule has 96 valence electrons. The highest BCUT2D eigenvalue weighted by molar-refractivity contribution is 7.09. The Bertz CT molecular complexity index is 597. The number of aryl methyl sites for hydroxylation is 1. The lowest BCUT2D eigenvalue weighted by molar-refractivity contribution is 0.816. The predicted octanol–water partition coefficient (Wildman–Crippen LogP) is 3.29. The molecule has 2 rings (SSSR count). The van der Waals surface area contributed by atoms with Crippen LogP contribution in [0.15, 0.2) is 34.9 Å². The van der Waals surface area contributed by atoms with E-state index in [-0.39, 0.29) is 12.0 Å². The van der Waals surface area contributed by atoms with Crippen molar-refractivity contribution in [3.8, 4) is 6.07 Å². The molecule has 4 nitrogen and oxygen atoms in total. The lowest BCUT2D eigenvalue weighted by atomic mass is 10.1. The monoisotopic (exact) mass is 270 g/mol. The standard InChI is InChI=1S/C14H14N4S/c1-10-9-19-14(18-10)13(7-15)8-17-11(2)12-3-5-16-6-4-12/h3-6,8-9,11,13H,1-2H3/t11-,13+/m1/s1. The minimum Gasteiger partial charge on any atom is -0.288 e. The van der Waals surface area contributed by atoms with Crippen molar-refractivity contribution < 1.29 is 0 Å². The zero-order chi connectivity index (χ0) is 13.7. The number of thiazole rings is 1. The number of nitriles is 1. The Hall–Kier alpha value is -2.06. The van der Waals surface area contributed by atoms with E-state index in [1.165, 1.54) is 11.3 Å². The summed E-state index contributed by atoms with van der Waals surface area (Å²) in [6.07, 6.45) is 5.17. The molecule has 0 fully saturated rings. The smallest absolute Gasteiger partial charge is 0.133 e. The fraction of sp³-hybridized carbons (Fsp3) is 0.286. The summed E-state index contributed by atoms with van der Waals surface area (Å²) in [5.74, 6) is -0.372. The quantitative estimate of drug-likeness (QED) is 0.801. The molecule has 2 aromatic rings. The first-order valence-corrected chi connectivity index (χ1v) is 6.83. The van der Waals surface area contributed by atoms with E-state index in [0.29, 0.717) is 0 Å². The lowest BCUT2D eigenvalue weighted by Crippen LogP contribution is -1.99. The number of pyridine rings is 1. The molecule has 0 radical (unpaired) electrons. The highest BCUT2D eigenvalue weighted by Gasteiger charge is 2.12. The van der Waals surface area contributed by atoms with Crippen LogP contribution in [0.4, 0.5) is 0 Å². The number of aliphatic imine (C=N–C) groups is 1. The highest BCUT2D eigenvalue weighted by Crippen LogP contribution is 2.20. The molecule has 2 heterocycles. The van der Waals surface area contributed by atoms with E-state index in [0.717, 1.165) is 16.3 Å². The Morgan fingerprint density at radius 3 is 2.74 bits per heavy atom. The van der Waals surface area contributed by atoms with Crippen molar-refractivity contribution in [2.24, 2.45) is 4.99 Å². The van der Waals surface area contributed by atoms with Gasteiger partial charge in [0.1, 0.15) is 10.9 Å². The van der Waals surface area contributed by atoms with Crippen LogP contribution in [0.25, 0.3) is 0 Å². The van der Waals surface area contributed by atoms with Crippen molar-refractivity contribution in [1.29, 1.82) is 5.26 Å². The van der Waals surface area contributed by atoms with E-state index in [4.69, 9.17) is 0 Å². The van der Waals surface area contributed by atoms with Crippen molar-refractivity contribution in [2.45, 2.75) is 25.8 Å². The molecule has 0 saturated carbocycles. The summed E-state index contributed by atoms with van der Waals surface area (Å²) in [5.41, 5.74) is 2.02. The first-order valence-electron chi connectivity index (χ1n) is 5.95. The fourth-order valence-corrected chi connectivity index (χ4v) is 2.41. The largest absolute Gasteiger partial charge is 0.288 e. The maximum atomic E-state index is 9.19. The topological polar surface area (TPSA) is 61.9 Å². The van der Waals surface area contributed by atoms with Gasteiger partial charge in [-0.15, -0.1) is 11.3 Å². The van der Waals surface area contributed by atoms with Gasteiger partial charge in [-0.1, -0.05) is 0 Å². The molecular weight excluding hydrogens is 256 g/mol. The van der Waals surface area contributed by atoms with Gasteiger partial charge in [0.2, 0.25) is 0 Å². The van der Waals surface area contributed by atoms with Gasteiger partial charge in [-0.2, -0.15) is 5.26 Å². The van der Waals surface area contributed by atoms with Gasteiger partial charge in [-0.05, 0) is 31.5 Å². The second-order valence-electron chi connectivity index (χ2n) is 4.19. The molecule has 0 bridgehead atoms. The van der Waals surface area contributed by atoms with E-state index in [2.05, 4.69) is 21.0 Å². The van der Waals surface area contributed by atoms with Crippen molar-refractivity contribution in [3.63, 3.8) is 0 Å². The third-order valence-corrected chi connectivity index (χ3v) is 3.73. The Kier molecular flexibility index (Phi) is 4.37. The summed E-state index contributed by atoms with van der Waals surface area (Å²) in [4.78, 5) is 12.7. The Morgan fingerprint density at radius 1 is 1.42 bits per heavy atom. The highest BCUT2D eigenvalue weighted by atomic mass is 32.1. The Balaban J connectivity index is 2.11. The van der Waals surface area contributed by atoms with Crippen molar-refractivity contribution >= 4 is 17.6 Å². The summed E-state index contributed by atoms with van der Waals surface area (Å²) in [5, 5.41) is 11.9. The molecule has 0 aliphatic carbocycles. The number of nitrogens with zero attached hydrogens (tertiary/aromatic N) is 4. The van der Waals surface area contributed by atoms with Crippen LogP contribution in [0, 0.1) is 18.3 Å². The fourth-order valence-electron chi connectivity index (χ4n) is 1.61. The van der Waals surface area contributed by atoms with Crippen molar-refractivity contribution in [2.75, 3.05) is 0 Å². The molecule has 0 amide bonds. The SMILES string of the molecule is Cc1csc([C@@H](C#N)C=N[C@H](C)c2ccncc2)n1. The van der Waals surface area contributed by atoms with Gasteiger partial charge in [0.15, 0.2) is 0 Å². The molecular formula is C14H14N4S. The molecule has 0 aliphatic heterocycles. The minimum absolute atomic E-state index is 0.0138. The number of aromatic nitrogens is 2. The van der Waals surface area contributed by atoms with Gasteiger partial charge in [0.05, 0.1) is 12.1 Å². The molecule has 0 aromatic carbocycles. The van der Waals surface area contributed by atoms with Crippen LogP contribution >= 0.6 is 11.3 Å². The molecule has 19 heavy (non-hydrogen) atoms. The van der Waals surface area contributed by atoms with Crippen LogP contribution in [0.5, 0.6) is 0 Å². The summed E-state index contributed by atoms with van der Waals surface area (Å²) in [6.45, 7) is 3.92. The van der Waals surface area contributed by atoms with E-state index in [1.54, 1.807) is 18.6 Å². The maximum absolute atomic E-state index is 9.19. The average molecular weight is 270 g/mol. The third-order valence-electron chi connectivity index (χ3n) is 2.69. The first kappa shape index (κ1) is 13.4. The molecule has 2 aromatic heterocycles. The zero-order valence-electron chi connectivity index (χ0n) is 10.8. The van der Waals surface area contributed by atoms with Gasteiger partial charge in [0, 0.05) is 29.7 Å². The normalized spacial score (nSPS) is 14.2. The van der Waals surface area contributed by atoms with E-state index in [1.807, 2.05) is 31.4 Å². The van der Waals surface area contributed by atoms with Crippen LogP contribution in [0.2, 0.25) is 0 Å². The Morgan fingerprint density at radius 2 is 2.16 bits per heavy atom. The Labute approximate surface area is 116 Å². The maximum Gasteiger partial charge on any atom is 0.133 e. The van der Waals surface area contributed by atoms with E-state index < -0.39 is 0 Å². The van der Waals surface area contributed by atoms with Gasteiger partial charge in [-0.3, -0.25) is 9.98 Å². The van der Waals surface area contributed by atoms with Crippen LogP contribution in [0.3, 0.4) is 0 Å². The van der Waals surface area contributed by atoms with E-state index in [9.17, 15) is 5.26 Å². The van der Waals surface area contributed by atoms with Crippen LogP contribution < -0.4 is 0 Å². The predicted molar refractivity (Wildman–Crippen MR) is 76.3 cm³/mol. The van der Waals surface area contributed by atoms with Gasteiger partial charge in [0.25, 0.3) is 0 Å². The number of rotatable bonds is 4. The first-order chi connectivity index (χ1) is 9.20. The summed E-state index contributed by atoms with van der Waals surface area (Å²) < 4.78 is 0.